The maximum Gasteiger partial charge on any atom is 0.259 e. The molecular formula is C15H16ClNO2. The van der Waals surface area contributed by atoms with E-state index in [1.165, 1.54) is 0 Å². The van der Waals surface area contributed by atoms with E-state index in [2.05, 4.69) is 18.8 Å². The van der Waals surface area contributed by atoms with Crippen molar-refractivity contribution in [3.05, 3.63) is 51.4 Å². The van der Waals surface area contributed by atoms with Gasteiger partial charge in [0.05, 0.1) is 5.56 Å². The second kappa shape index (κ2) is 5.49. The van der Waals surface area contributed by atoms with Crippen LogP contribution in [0.4, 0.5) is 0 Å². The highest BCUT2D eigenvalue weighted by molar-refractivity contribution is 6.33. The Morgan fingerprint density at radius 2 is 2.00 bits per heavy atom. The molecule has 3 nitrogen and oxygen atoms in total. The van der Waals surface area contributed by atoms with Crippen LogP contribution in [0.3, 0.4) is 0 Å². The number of H-pyrrole nitrogens is 1. The SMILES string of the molecule is CC(C)Cc1cc(O)c(-c2ccccc2Cl)c(=O)[nH]1. The third-order valence-electron chi connectivity index (χ3n) is 2.84. The largest absolute Gasteiger partial charge is 0.507 e. The molecular weight excluding hydrogens is 262 g/mol. The van der Waals surface area contributed by atoms with Crippen molar-refractivity contribution in [3.8, 4) is 16.9 Å². The van der Waals surface area contributed by atoms with E-state index in [9.17, 15) is 9.90 Å². The fourth-order valence-electron chi connectivity index (χ4n) is 2.07. The van der Waals surface area contributed by atoms with Gasteiger partial charge in [-0.05, 0) is 18.4 Å². The summed E-state index contributed by atoms with van der Waals surface area (Å²) in [5.74, 6) is 0.369. The Morgan fingerprint density at radius 1 is 1.32 bits per heavy atom. The van der Waals surface area contributed by atoms with Crippen LogP contribution in [-0.2, 0) is 6.42 Å². The minimum Gasteiger partial charge on any atom is -0.507 e. The minimum atomic E-state index is -0.316. The number of aromatic hydroxyl groups is 1. The van der Waals surface area contributed by atoms with Gasteiger partial charge in [-0.15, -0.1) is 0 Å². The fourth-order valence-corrected chi connectivity index (χ4v) is 2.30. The quantitative estimate of drug-likeness (QED) is 0.901. The van der Waals surface area contributed by atoms with E-state index in [-0.39, 0.29) is 16.9 Å². The molecule has 4 heteroatoms. The van der Waals surface area contributed by atoms with Gasteiger partial charge in [-0.3, -0.25) is 4.79 Å². The Bertz CT molecular complexity index is 647. The number of hydrogen-bond donors (Lipinski definition) is 2. The summed E-state index contributed by atoms with van der Waals surface area (Å²) in [7, 11) is 0. The normalized spacial score (nSPS) is 10.9. The Hall–Kier alpha value is -1.74. The highest BCUT2D eigenvalue weighted by atomic mass is 35.5. The Balaban J connectivity index is 2.55. The number of benzene rings is 1. The van der Waals surface area contributed by atoms with E-state index in [1.807, 2.05) is 0 Å². The van der Waals surface area contributed by atoms with Gasteiger partial charge in [0.1, 0.15) is 5.75 Å². The summed E-state index contributed by atoms with van der Waals surface area (Å²) in [5.41, 5.74) is 1.18. The number of aromatic nitrogens is 1. The van der Waals surface area contributed by atoms with Crippen LogP contribution in [0.15, 0.2) is 35.1 Å². The molecule has 0 amide bonds. The van der Waals surface area contributed by atoms with E-state index >= 15 is 0 Å². The molecule has 2 N–H and O–H groups in total. The number of rotatable bonds is 3. The summed E-state index contributed by atoms with van der Waals surface area (Å²) >= 11 is 6.06. The molecule has 0 saturated carbocycles. The van der Waals surface area contributed by atoms with E-state index in [4.69, 9.17) is 11.6 Å². The molecule has 2 aromatic rings. The Kier molecular flexibility index (Phi) is 3.96. The average Bonchev–Trinajstić information content (AvgIpc) is 2.29. The van der Waals surface area contributed by atoms with Gasteiger partial charge in [0, 0.05) is 22.3 Å². The van der Waals surface area contributed by atoms with Crippen LogP contribution in [0.1, 0.15) is 19.5 Å². The van der Waals surface area contributed by atoms with E-state index in [1.54, 1.807) is 30.3 Å². The summed E-state index contributed by atoms with van der Waals surface area (Å²) in [4.78, 5) is 14.9. The molecule has 0 spiro atoms. The maximum absolute atomic E-state index is 12.1. The molecule has 0 saturated heterocycles. The zero-order chi connectivity index (χ0) is 14.0. The van der Waals surface area contributed by atoms with Crippen LogP contribution in [0.5, 0.6) is 5.75 Å². The monoisotopic (exact) mass is 277 g/mol. The Labute approximate surface area is 116 Å². The summed E-state index contributed by atoms with van der Waals surface area (Å²) < 4.78 is 0. The van der Waals surface area contributed by atoms with Crippen molar-refractivity contribution >= 4 is 11.6 Å². The van der Waals surface area contributed by atoms with E-state index in [0.717, 1.165) is 5.69 Å². The molecule has 2 rings (SSSR count). The molecule has 100 valence electrons. The first kappa shape index (κ1) is 13.7. The third-order valence-corrected chi connectivity index (χ3v) is 3.17. The number of aromatic amines is 1. The fraction of sp³-hybridized carbons (Fsp3) is 0.267. The first-order chi connectivity index (χ1) is 8.99. The zero-order valence-electron chi connectivity index (χ0n) is 10.9. The molecule has 1 heterocycles. The predicted octanol–water partition coefficient (Wildman–Crippen LogP) is 3.60. The van der Waals surface area contributed by atoms with Crippen molar-refractivity contribution in [1.82, 2.24) is 4.98 Å². The zero-order valence-corrected chi connectivity index (χ0v) is 11.7. The van der Waals surface area contributed by atoms with Crippen LogP contribution in [0.2, 0.25) is 5.02 Å². The molecule has 0 aliphatic carbocycles. The average molecular weight is 278 g/mol. The van der Waals surface area contributed by atoms with Crippen molar-refractivity contribution in [2.75, 3.05) is 0 Å². The predicted molar refractivity (Wildman–Crippen MR) is 77.7 cm³/mol. The smallest absolute Gasteiger partial charge is 0.259 e. The first-order valence-corrected chi connectivity index (χ1v) is 6.57. The second-order valence-corrected chi connectivity index (χ2v) is 5.37. The van der Waals surface area contributed by atoms with Gasteiger partial charge in [-0.2, -0.15) is 0 Å². The highest BCUT2D eigenvalue weighted by Gasteiger charge is 2.14. The number of nitrogens with one attached hydrogen (secondary N) is 1. The van der Waals surface area contributed by atoms with Crippen LogP contribution in [0.25, 0.3) is 11.1 Å². The van der Waals surface area contributed by atoms with Crippen molar-refractivity contribution in [2.24, 2.45) is 5.92 Å². The van der Waals surface area contributed by atoms with Gasteiger partial charge in [0.15, 0.2) is 0 Å². The molecule has 0 aliphatic rings. The second-order valence-electron chi connectivity index (χ2n) is 4.96. The van der Waals surface area contributed by atoms with E-state index < -0.39 is 0 Å². The van der Waals surface area contributed by atoms with E-state index in [0.29, 0.717) is 22.9 Å². The molecule has 0 unspecified atom stereocenters. The molecule has 1 aromatic carbocycles. The summed E-state index contributed by atoms with van der Waals surface area (Å²) in [6.07, 6.45) is 0.714. The van der Waals surface area contributed by atoms with Gasteiger partial charge in [0.25, 0.3) is 5.56 Å². The van der Waals surface area contributed by atoms with Crippen molar-refractivity contribution in [1.29, 1.82) is 0 Å². The minimum absolute atomic E-state index is 0.0347. The lowest BCUT2D eigenvalue weighted by Gasteiger charge is -2.09. The van der Waals surface area contributed by atoms with Crippen LogP contribution < -0.4 is 5.56 Å². The molecule has 0 aliphatic heterocycles. The van der Waals surface area contributed by atoms with Crippen LogP contribution in [-0.4, -0.2) is 10.1 Å². The molecule has 0 radical (unpaired) electrons. The first-order valence-electron chi connectivity index (χ1n) is 6.19. The highest BCUT2D eigenvalue weighted by Crippen LogP contribution is 2.31. The lowest BCUT2D eigenvalue weighted by atomic mass is 10.0. The number of halogens is 1. The summed E-state index contributed by atoms with van der Waals surface area (Å²) in [6, 6.07) is 8.57. The lowest BCUT2D eigenvalue weighted by Crippen LogP contribution is -2.13. The summed E-state index contributed by atoms with van der Waals surface area (Å²) in [6.45, 7) is 4.11. The maximum atomic E-state index is 12.1. The van der Waals surface area contributed by atoms with Gasteiger partial charge in [-0.25, -0.2) is 0 Å². The van der Waals surface area contributed by atoms with Gasteiger partial charge >= 0.3 is 0 Å². The molecule has 0 atom stereocenters. The van der Waals surface area contributed by atoms with Crippen LogP contribution >= 0.6 is 11.6 Å². The Morgan fingerprint density at radius 3 is 2.58 bits per heavy atom. The van der Waals surface area contributed by atoms with Gasteiger partial charge in [-0.1, -0.05) is 43.6 Å². The lowest BCUT2D eigenvalue weighted by molar-refractivity contribution is 0.473. The van der Waals surface area contributed by atoms with Gasteiger partial charge < -0.3 is 10.1 Å². The third kappa shape index (κ3) is 2.99. The molecule has 19 heavy (non-hydrogen) atoms. The van der Waals surface area contributed by atoms with Crippen LogP contribution in [0, 0.1) is 5.92 Å². The van der Waals surface area contributed by atoms with Gasteiger partial charge in [0.2, 0.25) is 0 Å². The molecule has 0 bridgehead atoms. The molecule has 0 fully saturated rings. The van der Waals surface area contributed by atoms with Crippen molar-refractivity contribution < 1.29 is 5.11 Å². The molecule has 1 aromatic heterocycles. The van der Waals surface area contributed by atoms with Crippen molar-refractivity contribution in [2.45, 2.75) is 20.3 Å². The standard InChI is InChI=1S/C15H16ClNO2/c1-9(2)7-10-8-13(18)14(15(19)17-10)11-5-3-4-6-12(11)16/h3-6,8-9H,7H2,1-2H3,(H2,17,18,19). The van der Waals surface area contributed by atoms with Crippen molar-refractivity contribution in [3.63, 3.8) is 0 Å². The summed E-state index contributed by atoms with van der Waals surface area (Å²) in [5, 5.41) is 10.5. The number of hydrogen-bond acceptors (Lipinski definition) is 2. The topological polar surface area (TPSA) is 53.1 Å². The number of pyridine rings is 1.